The first-order valence-electron chi connectivity index (χ1n) is 5.53. The Morgan fingerprint density at radius 2 is 1.33 bits per heavy atom. The third kappa shape index (κ3) is 4.05. The van der Waals surface area contributed by atoms with Gasteiger partial charge in [-0.25, -0.2) is 0 Å². The van der Waals surface area contributed by atoms with Gasteiger partial charge in [0.25, 0.3) is 0 Å². The number of rotatable bonds is 7. The Labute approximate surface area is 124 Å². The van der Waals surface area contributed by atoms with Crippen LogP contribution in [0.2, 0.25) is 0 Å². The van der Waals surface area contributed by atoms with Crippen molar-refractivity contribution < 1.29 is 0 Å². The molecule has 0 aliphatic heterocycles. The van der Waals surface area contributed by atoms with Crippen LogP contribution in [-0.2, 0) is 12.8 Å². The van der Waals surface area contributed by atoms with Crippen LogP contribution < -0.4 is 0 Å². The van der Waals surface area contributed by atoms with Crippen molar-refractivity contribution >= 4 is 44.3 Å². The summed E-state index contributed by atoms with van der Waals surface area (Å²) in [5.41, 5.74) is 2.72. The van der Waals surface area contributed by atoms with E-state index in [4.69, 9.17) is 0 Å². The SMILES string of the molecule is C=CCc1csc(SSc2cc(CC=C)cs2)c1. The highest BCUT2D eigenvalue weighted by Crippen LogP contribution is 2.42. The molecule has 0 amide bonds. The quantitative estimate of drug-likeness (QED) is 0.450. The molecule has 4 heteroatoms. The van der Waals surface area contributed by atoms with Crippen LogP contribution in [0.1, 0.15) is 11.1 Å². The molecule has 0 aliphatic rings. The summed E-state index contributed by atoms with van der Waals surface area (Å²) in [4.78, 5) is 0. The Bertz CT molecular complexity index is 473. The van der Waals surface area contributed by atoms with Crippen LogP contribution in [0.3, 0.4) is 0 Å². The average molecular weight is 311 g/mol. The first-order valence-corrected chi connectivity index (χ1v) is 9.44. The fourth-order valence-corrected chi connectivity index (χ4v) is 5.99. The Kier molecular flexibility index (Phi) is 5.63. The average Bonchev–Trinajstić information content (AvgIpc) is 2.97. The molecule has 0 atom stereocenters. The monoisotopic (exact) mass is 310 g/mol. The summed E-state index contributed by atoms with van der Waals surface area (Å²) < 4.78 is 2.71. The van der Waals surface area contributed by atoms with E-state index in [1.807, 2.05) is 56.4 Å². The largest absolute Gasteiger partial charge is 0.136 e. The van der Waals surface area contributed by atoms with Gasteiger partial charge in [0.1, 0.15) is 0 Å². The van der Waals surface area contributed by atoms with E-state index in [0.717, 1.165) is 12.8 Å². The molecule has 0 spiro atoms. The van der Waals surface area contributed by atoms with Gasteiger partial charge in [-0.1, -0.05) is 12.2 Å². The molecule has 0 saturated heterocycles. The Morgan fingerprint density at radius 3 is 1.72 bits per heavy atom. The molecule has 0 fully saturated rings. The molecule has 94 valence electrons. The van der Waals surface area contributed by atoms with Crippen LogP contribution >= 0.6 is 44.3 Å². The molecule has 18 heavy (non-hydrogen) atoms. The minimum atomic E-state index is 0.963. The third-order valence-electron chi connectivity index (χ3n) is 2.23. The van der Waals surface area contributed by atoms with Crippen LogP contribution in [0.4, 0.5) is 0 Å². The topological polar surface area (TPSA) is 0 Å². The van der Waals surface area contributed by atoms with E-state index in [9.17, 15) is 0 Å². The normalized spacial score (nSPS) is 10.4. The second kappa shape index (κ2) is 7.24. The second-order valence-electron chi connectivity index (χ2n) is 3.70. The molecule has 0 saturated carbocycles. The lowest BCUT2D eigenvalue weighted by molar-refractivity contribution is 1.29. The van der Waals surface area contributed by atoms with Gasteiger partial charge in [-0.05, 0) is 68.4 Å². The molecule has 0 nitrogen and oxygen atoms in total. The summed E-state index contributed by atoms with van der Waals surface area (Å²) >= 11 is 3.62. The van der Waals surface area contributed by atoms with Gasteiger partial charge in [0.05, 0.1) is 8.42 Å². The maximum Gasteiger partial charge on any atom is 0.0712 e. The summed E-state index contributed by atoms with van der Waals surface area (Å²) in [6, 6.07) is 4.50. The standard InChI is InChI=1S/C14H14S4/c1-3-5-11-7-13(15-9-11)17-18-14-8-12(6-4-2)10-16-14/h3-4,7-10H,1-2,5-6H2. The molecule has 0 bridgehead atoms. The van der Waals surface area contributed by atoms with Gasteiger partial charge < -0.3 is 0 Å². The smallest absolute Gasteiger partial charge is 0.0712 e. The van der Waals surface area contributed by atoms with Crippen molar-refractivity contribution in [3.05, 3.63) is 59.3 Å². The van der Waals surface area contributed by atoms with Crippen LogP contribution in [0.15, 0.2) is 56.6 Å². The van der Waals surface area contributed by atoms with Crippen LogP contribution in [-0.4, -0.2) is 0 Å². The molecule has 2 aromatic heterocycles. The zero-order valence-corrected chi connectivity index (χ0v) is 13.2. The molecule has 2 rings (SSSR count). The van der Waals surface area contributed by atoms with E-state index in [1.54, 1.807) is 0 Å². The van der Waals surface area contributed by atoms with Crippen molar-refractivity contribution in [1.29, 1.82) is 0 Å². The molecule has 2 aromatic rings. The Morgan fingerprint density at radius 1 is 0.889 bits per heavy atom. The molecular weight excluding hydrogens is 296 g/mol. The minimum absolute atomic E-state index is 0.963. The summed E-state index contributed by atoms with van der Waals surface area (Å²) in [6.45, 7) is 7.53. The maximum atomic E-state index is 3.77. The molecule has 0 aromatic carbocycles. The zero-order valence-electron chi connectivity index (χ0n) is 9.93. The van der Waals surface area contributed by atoms with Gasteiger partial charge in [-0.15, -0.1) is 35.8 Å². The Hall–Kier alpha value is -0.420. The molecular formula is C14H14S4. The van der Waals surface area contributed by atoms with Crippen molar-refractivity contribution in [2.45, 2.75) is 21.3 Å². The van der Waals surface area contributed by atoms with E-state index >= 15 is 0 Å². The Balaban J connectivity index is 1.89. The predicted octanol–water partition coefficient (Wildman–Crippen LogP) is 6.07. The van der Waals surface area contributed by atoms with Crippen LogP contribution in [0.25, 0.3) is 0 Å². The molecule has 0 radical (unpaired) electrons. The first kappa shape index (κ1) is 14.0. The highest BCUT2D eigenvalue weighted by Gasteiger charge is 2.04. The number of hydrogen-bond acceptors (Lipinski definition) is 4. The predicted molar refractivity (Wildman–Crippen MR) is 88.2 cm³/mol. The van der Waals surface area contributed by atoms with Crippen molar-refractivity contribution in [1.82, 2.24) is 0 Å². The van der Waals surface area contributed by atoms with Crippen molar-refractivity contribution in [3.63, 3.8) is 0 Å². The van der Waals surface area contributed by atoms with Crippen LogP contribution in [0, 0.1) is 0 Å². The maximum absolute atomic E-state index is 3.77. The number of hydrogen-bond donors (Lipinski definition) is 0. The fraction of sp³-hybridized carbons (Fsp3) is 0.143. The van der Waals surface area contributed by atoms with Crippen molar-refractivity contribution in [3.8, 4) is 0 Å². The van der Waals surface area contributed by atoms with Crippen LogP contribution in [0.5, 0.6) is 0 Å². The van der Waals surface area contributed by atoms with Crippen molar-refractivity contribution in [2.75, 3.05) is 0 Å². The zero-order chi connectivity index (χ0) is 12.8. The molecule has 0 N–H and O–H groups in total. The van der Waals surface area contributed by atoms with Gasteiger partial charge in [0.2, 0.25) is 0 Å². The molecule has 0 unspecified atom stereocenters. The highest BCUT2D eigenvalue weighted by molar-refractivity contribution is 8.77. The minimum Gasteiger partial charge on any atom is -0.136 e. The van der Waals surface area contributed by atoms with E-state index in [1.165, 1.54) is 19.5 Å². The van der Waals surface area contributed by atoms with Gasteiger partial charge >= 0.3 is 0 Å². The van der Waals surface area contributed by atoms with E-state index in [2.05, 4.69) is 36.1 Å². The first-order chi connectivity index (χ1) is 8.81. The summed E-state index contributed by atoms with van der Waals surface area (Å²) in [5.74, 6) is 0. The van der Waals surface area contributed by atoms with Gasteiger partial charge in [0, 0.05) is 0 Å². The van der Waals surface area contributed by atoms with Gasteiger partial charge in [-0.2, -0.15) is 0 Å². The highest BCUT2D eigenvalue weighted by atomic mass is 33.1. The lowest BCUT2D eigenvalue weighted by Gasteiger charge is -1.93. The lowest BCUT2D eigenvalue weighted by atomic mass is 10.2. The van der Waals surface area contributed by atoms with Crippen molar-refractivity contribution in [2.24, 2.45) is 0 Å². The summed E-state index contributed by atoms with van der Waals surface area (Å²) in [7, 11) is 3.67. The third-order valence-corrected chi connectivity index (χ3v) is 7.45. The van der Waals surface area contributed by atoms with E-state index < -0.39 is 0 Å². The molecule has 2 heterocycles. The number of allylic oxidation sites excluding steroid dienone is 2. The van der Waals surface area contributed by atoms with Gasteiger partial charge in [-0.3, -0.25) is 0 Å². The molecule has 0 aliphatic carbocycles. The fourth-order valence-electron chi connectivity index (χ4n) is 1.42. The van der Waals surface area contributed by atoms with E-state index in [-0.39, 0.29) is 0 Å². The number of thiophene rings is 2. The second-order valence-corrected chi connectivity index (χ2v) is 8.25. The lowest BCUT2D eigenvalue weighted by Crippen LogP contribution is -1.71. The van der Waals surface area contributed by atoms with Gasteiger partial charge in [0.15, 0.2) is 0 Å². The van der Waals surface area contributed by atoms with E-state index in [0.29, 0.717) is 0 Å². The summed E-state index contributed by atoms with van der Waals surface area (Å²) in [6.07, 6.45) is 5.82. The summed E-state index contributed by atoms with van der Waals surface area (Å²) in [5, 5.41) is 4.42.